The number of fused-ring (bicyclic) bond motifs is 1. The van der Waals surface area contributed by atoms with Crippen molar-refractivity contribution in [2.75, 3.05) is 13.2 Å². The van der Waals surface area contributed by atoms with Gasteiger partial charge in [0.25, 0.3) is 11.8 Å². The number of nitrogens with one attached hydrogen (secondary N) is 2. The Bertz CT molecular complexity index is 1060. The maximum Gasteiger partial charge on any atom is 0.263 e. The van der Waals surface area contributed by atoms with Crippen LogP contribution >= 0.6 is 22.9 Å². The first-order valence-electron chi connectivity index (χ1n) is 8.69. The van der Waals surface area contributed by atoms with Crippen molar-refractivity contribution in [3.8, 4) is 5.75 Å². The lowest BCUT2D eigenvalue weighted by molar-refractivity contribution is -0.120. The lowest BCUT2D eigenvalue weighted by Crippen LogP contribution is -2.34. The number of hydrogen-bond acceptors (Lipinski definition) is 5. The van der Waals surface area contributed by atoms with E-state index in [0.29, 0.717) is 22.3 Å². The zero-order chi connectivity index (χ0) is 20.6. The van der Waals surface area contributed by atoms with E-state index in [1.165, 1.54) is 17.6 Å². The second-order valence-corrected chi connectivity index (χ2v) is 7.32. The van der Waals surface area contributed by atoms with E-state index in [9.17, 15) is 9.59 Å². The fourth-order valence-electron chi connectivity index (χ4n) is 2.42. The van der Waals surface area contributed by atoms with Gasteiger partial charge in [-0.15, -0.1) is 11.3 Å². The molecule has 3 rings (SSSR count). The normalized spacial score (nSPS) is 10.8. The SMILES string of the molecule is C=CCOc1ccc(/C=N/NC(=O)CNC(=O)c2sc3ccccc3c2Cl)cc1. The Kier molecular flexibility index (Phi) is 6.99. The minimum absolute atomic E-state index is 0.213. The van der Waals surface area contributed by atoms with Crippen LogP contribution in [0.1, 0.15) is 15.2 Å². The van der Waals surface area contributed by atoms with Crippen LogP contribution in [-0.4, -0.2) is 31.2 Å². The smallest absolute Gasteiger partial charge is 0.263 e. The number of thiophene rings is 1. The van der Waals surface area contributed by atoms with Gasteiger partial charge in [-0.2, -0.15) is 5.10 Å². The Hall–Kier alpha value is -3.16. The second-order valence-electron chi connectivity index (χ2n) is 5.89. The summed E-state index contributed by atoms with van der Waals surface area (Å²) in [6.07, 6.45) is 3.16. The van der Waals surface area contributed by atoms with Gasteiger partial charge in [0.05, 0.1) is 17.8 Å². The zero-order valence-electron chi connectivity index (χ0n) is 15.4. The molecule has 0 bridgehead atoms. The minimum Gasteiger partial charge on any atom is -0.490 e. The summed E-state index contributed by atoms with van der Waals surface area (Å²) in [5.74, 6) is -0.128. The Labute approximate surface area is 176 Å². The van der Waals surface area contributed by atoms with E-state index in [-0.39, 0.29) is 6.54 Å². The first kappa shape index (κ1) is 20.6. The summed E-state index contributed by atoms with van der Waals surface area (Å²) < 4.78 is 6.30. The molecule has 0 radical (unpaired) electrons. The van der Waals surface area contributed by atoms with E-state index in [4.69, 9.17) is 16.3 Å². The third kappa shape index (κ3) is 5.43. The van der Waals surface area contributed by atoms with E-state index in [2.05, 4.69) is 22.4 Å². The van der Waals surface area contributed by atoms with E-state index in [1.54, 1.807) is 30.3 Å². The molecule has 0 saturated heterocycles. The maximum absolute atomic E-state index is 12.3. The molecular formula is C21H18ClN3O3S. The van der Waals surface area contributed by atoms with Gasteiger partial charge >= 0.3 is 0 Å². The summed E-state index contributed by atoms with van der Waals surface area (Å²) in [5.41, 5.74) is 3.16. The molecule has 2 amide bonds. The van der Waals surface area contributed by atoms with Gasteiger partial charge in [0.1, 0.15) is 17.2 Å². The Morgan fingerprint density at radius 2 is 1.93 bits per heavy atom. The Balaban J connectivity index is 1.49. The van der Waals surface area contributed by atoms with E-state index in [0.717, 1.165) is 15.6 Å². The number of nitrogens with zero attached hydrogens (tertiary/aromatic N) is 1. The van der Waals surface area contributed by atoms with Crippen LogP contribution in [0.3, 0.4) is 0 Å². The van der Waals surface area contributed by atoms with Crippen molar-refractivity contribution in [2.45, 2.75) is 0 Å². The van der Waals surface area contributed by atoms with Crippen molar-refractivity contribution < 1.29 is 14.3 Å². The lowest BCUT2D eigenvalue weighted by atomic mass is 10.2. The fourth-order valence-corrected chi connectivity index (χ4v) is 3.86. The molecule has 1 aromatic heterocycles. The van der Waals surface area contributed by atoms with Crippen LogP contribution in [0.2, 0.25) is 5.02 Å². The monoisotopic (exact) mass is 427 g/mol. The number of carbonyl (C=O) groups is 2. The average molecular weight is 428 g/mol. The highest BCUT2D eigenvalue weighted by Gasteiger charge is 2.17. The average Bonchev–Trinajstić information content (AvgIpc) is 3.08. The molecule has 6 nitrogen and oxygen atoms in total. The molecule has 0 aliphatic heterocycles. The molecule has 8 heteroatoms. The number of benzene rings is 2. The second kappa shape index (κ2) is 9.86. The van der Waals surface area contributed by atoms with Gasteiger partial charge in [-0.3, -0.25) is 9.59 Å². The molecule has 29 heavy (non-hydrogen) atoms. The van der Waals surface area contributed by atoms with E-state index < -0.39 is 11.8 Å². The van der Waals surface area contributed by atoms with Crippen LogP contribution in [-0.2, 0) is 4.79 Å². The standard InChI is InChI=1S/C21H18ClN3O3S/c1-2-11-28-15-9-7-14(8-10-15)12-24-25-18(26)13-23-21(27)20-19(22)16-5-3-4-6-17(16)29-20/h2-10,12H,1,11,13H2,(H,23,27)(H,25,26)/b24-12+. The number of amides is 2. The molecule has 0 unspecified atom stereocenters. The Morgan fingerprint density at radius 3 is 2.66 bits per heavy atom. The number of rotatable bonds is 8. The van der Waals surface area contributed by atoms with Crippen LogP contribution in [0.5, 0.6) is 5.75 Å². The maximum atomic E-state index is 12.3. The first-order chi connectivity index (χ1) is 14.1. The van der Waals surface area contributed by atoms with Crippen molar-refractivity contribution in [3.63, 3.8) is 0 Å². The highest BCUT2D eigenvalue weighted by Crippen LogP contribution is 2.34. The van der Waals surface area contributed by atoms with Crippen molar-refractivity contribution in [3.05, 3.63) is 76.6 Å². The van der Waals surface area contributed by atoms with Gasteiger partial charge in [-0.05, 0) is 35.9 Å². The molecule has 1 heterocycles. The van der Waals surface area contributed by atoms with E-state index >= 15 is 0 Å². The number of hydrogen-bond donors (Lipinski definition) is 2. The molecule has 0 aliphatic carbocycles. The van der Waals surface area contributed by atoms with Crippen molar-refractivity contribution in [2.24, 2.45) is 5.10 Å². The molecule has 0 spiro atoms. The molecule has 0 fully saturated rings. The van der Waals surface area contributed by atoms with E-state index in [1.807, 2.05) is 24.3 Å². The molecule has 0 aliphatic rings. The largest absolute Gasteiger partial charge is 0.490 e. The van der Waals surface area contributed by atoms with Gasteiger partial charge < -0.3 is 10.1 Å². The predicted octanol–water partition coefficient (Wildman–Crippen LogP) is 4.00. The number of carbonyl (C=O) groups excluding carboxylic acids is 2. The molecular weight excluding hydrogens is 410 g/mol. The van der Waals surface area contributed by atoms with Crippen LogP contribution in [0.25, 0.3) is 10.1 Å². The topological polar surface area (TPSA) is 79.8 Å². The van der Waals surface area contributed by atoms with Crippen LogP contribution in [0.4, 0.5) is 0 Å². The summed E-state index contributed by atoms with van der Waals surface area (Å²) in [7, 11) is 0. The van der Waals surface area contributed by atoms with Gasteiger partial charge in [-0.25, -0.2) is 5.43 Å². The van der Waals surface area contributed by atoms with Crippen LogP contribution < -0.4 is 15.5 Å². The molecule has 148 valence electrons. The fraction of sp³-hybridized carbons (Fsp3) is 0.0952. The van der Waals surface area contributed by atoms with Crippen molar-refractivity contribution in [1.82, 2.24) is 10.7 Å². The summed E-state index contributed by atoms with van der Waals surface area (Å²) in [6, 6.07) is 14.7. The van der Waals surface area contributed by atoms with Crippen molar-refractivity contribution in [1.29, 1.82) is 0 Å². The highest BCUT2D eigenvalue weighted by atomic mass is 35.5. The first-order valence-corrected chi connectivity index (χ1v) is 9.89. The molecule has 2 N–H and O–H groups in total. The minimum atomic E-state index is -0.447. The zero-order valence-corrected chi connectivity index (χ0v) is 16.9. The molecule has 0 atom stereocenters. The van der Waals surface area contributed by atoms with Crippen molar-refractivity contribution >= 4 is 51.1 Å². The van der Waals surface area contributed by atoms with Crippen LogP contribution in [0, 0.1) is 0 Å². The van der Waals surface area contributed by atoms with Gasteiger partial charge in [-0.1, -0.05) is 42.5 Å². The molecule has 3 aromatic rings. The summed E-state index contributed by atoms with van der Waals surface area (Å²) in [4.78, 5) is 24.6. The Morgan fingerprint density at radius 1 is 1.17 bits per heavy atom. The van der Waals surface area contributed by atoms with Gasteiger partial charge in [0, 0.05) is 10.1 Å². The highest BCUT2D eigenvalue weighted by molar-refractivity contribution is 7.21. The lowest BCUT2D eigenvalue weighted by Gasteiger charge is -2.04. The number of ether oxygens (including phenoxy) is 1. The molecule has 0 saturated carbocycles. The summed E-state index contributed by atoms with van der Waals surface area (Å²) in [5, 5.41) is 7.64. The predicted molar refractivity (Wildman–Crippen MR) is 117 cm³/mol. The summed E-state index contributed by atoms with van der Waals surface area (Å²) in [6.45, 7) is 3.81. The number of hydrazone groups is 1. The third-order valence-electron chi connectivity index (χ3n) is 3.80. The third-order valence-corrected chi connectivity index (χ3v) is 5.48. The van der Waals surface area contributed by atoms with Gasteiger partial charge in [0.15, 0.2) is 0 Å². The molecule has 2 aromatic carbocycles. The quantitative estimate of drug-likeness (QED) is 0.324. The summed E-state index contributed by atoms with van der Waals surface area (Å²) >= 11 is 7.55. The van der Waals surface area contributed by atoms with Crippen LogP contribution in [0.15, 0.2) is 66.3 Å². The van der Waals surface area contributed by atoms with Gasteiger partial charge in [0.2, 0.25) is 0 Å². The number of halogens is 1.